The second kappa shape index (κ2) is 34.5. The number of aliphatic carboxylic acids is 1. The Morgan fingerprint density at radius 2 is 1.00 bits per heavy atom. The predicted octanol–water partition coefficient (Wildman–Crippen LogP) is -4.87. The molecular weight excluding hydrogens is 1000 g/mol. The fraction of sp³-hybridized carbons (Fsp3) is 0.531. The Bertz CT molecular complexity index is 2320. The van der Waals surface area contributed by atoms with Crippen LogP contribution in [0.15, 0.2) is 64.6 Å². The molecule has 77 heavy (non-hydrogen) atoms. The van der Waals surface area contributed by atoms with Crippen LogP contribution in [0.1, 0.15) is 82.8 Å². The summed E-state index contributed by atoms with van der Waals surface area (Å²) in [5, 5.41) is 47.5. The second-order valence-corrected chi connectivity index (χ2v) is 18.3. The molecule has 0 fully saturated rings. The number of hydrogen-bond donors (Lipinski definition) is 17. The molecule has 426 valence electrons. The van der Waals surface area contributed by atoms with Crippen molar-refractivity contribution in [3.8, 4) is 5.75 Å². The topological polar surface area (TPSA) is 505 Å². The zero-order valence-corrected chi connectivity index (χ0v) is 43.5. The van der Waals surface area contributed by atoms with Gasteiger partial charge in [0.2, 0.25) is 47.3 Å². The number of aliphatic hydroxyl groups excluding tert-OH is 1. The summed E-state index contributed by atoms with van der Waals surface area (Å²) in [7, 11) is 0. The van der Waals surface area contributed by atoms with Crippen LogP contribution in [0, 0.1) is 5.92 Å². The number of carboxylic acids is 1. The number of aliphatic hydroxyl groups is 1. The third-order valence-electron chi connectivity index (χ3n) is 12.0. The fourth-order valence-electron chi connectivity index (χ4n) is 7.50. The average molecular weight is 1080 g/mol. The number of phenols is 1. The van der Waals surface area contributed by atoms with Gasteiger partial charge in [-0.05, 0) is 80.7 Å². The first-order valence-corrected chi connectivity index (χ1v) is 25.1. The number of nitrogens with zero attached hydrogens (tertiary/aromatic N) is 2. The lowest BCUT2D eigenvalue weighted by molar-refractivity contribution is -0.142. The Kier molecular flexibility index (Phi) is 29.1. The lowest BCUT2D eigenvalue weighted by Crippen LogP contribution is -2.61. The Morgan fingerprint density at radius 1 is 0.545 bits per heavy atom. The van der Waals surface area contributed by atoms with Gasteiger partial charge in [-0.25, -0.2) is 4.79 Å². The van der Waals surface area contributed by atoms with Gasteiger partial charge in [-0.3, -0.25) is 48.3 Å². The molecule has 0 saturated carbocycles. The number of rotatable bonds is 36. The first-order valence-electron chi connectivity index (χ1n) is 25.1. The summed E-state index contributed by atoms with van der Waals surface area (Å²) in [6.45, 7) is 2.78. The van der Waals surface area contributed by atoms with Crippen molar-refractivity contribution in [3.63, 3.8) is 0 Å². The highest BCUT2D eigenvalue weighted by Gasteiger charge is 2.36. The van der Waals surface area contributed by atoms with Crippen molar-refractivity contribution in [3.05, 3.63) is 65.7 Å². The monoisotopic (exact) mass is 1080 g/mol. The third-order valence-corrected chi connectivity index (χ3v) is 12.0. The molecule has 0 radical (unpaired) electrons. The molecule has 0 saturated heterocycles. The summed E-state index contributed by atoms with van der Waals surface area (Å²) in [5.41, 5.74) is 40.0. The van der Waals surface area contributed by atoms with E-state index >= 15 is 0 Å². The second-order valence-electron chi connectivity index (χ2n) is 18.3. The number of carbonyl (C=O) groups excluding carboxylic acids is 8. The van der Waals surface area contributed by atoms with Gasteiger partial charge in [-0.15, -0.1) is 0 Å². The van der Waals surface area contributed by atoms with E-state index < -0.39 is 121 Å². The number of nitrogens with one attached hydrogen (secondary N) is 7. The highest BCUT2D eigenvalue weighted by molar-refractivity contribution is 5.99. The van der Waals surface area contributed by atoms with Crippen LogP contribution in [-0.4, -0.2) is 155 Å². The molecule has 28 nitrogen and oxygen atoms in total. The standard InChI is InChI=1S/C49H78N16O12/c1-3-27(2)39(46(75)64-37(26-66)45(74)63-36(47(76)77)24-28-11-5-4-6-12-28)65-44(73)34(23-29-16-18-30(67)19-17-29)61-42(71)33(15-10-22-58-49(55)56)60-43(72)35(25-38(52)68)62-41(70)32(14-7-8-20-50)59-40(69)31(51)13-9-21-57-48(53)54/h4-6,11-12,16-19,27,31-37,39,66-67H,3,7-10,13-15,20-26,50-51H2,1-2H3,(H2,52,68)(H,59,69)(H,60,72)(H,61,71)(H,62,70)(H,63,74)(H,64,75)(H,65,73)(H,76,77)(H4,53,54,57)(H4,55,56,58)/t27-,31-,32-,33-,34-,35-,36-,37-,39-/m0/s1. The van der Waals surface area contributed by atoms with E-state index in [0.717, 1.165) is 0 Å². The number of unbranched alkanes of at least 4 members (excludes halogenated alkanes) is 1. The van der Waals surface area contributed by atoms with Gasteiger partial charge < -0.3 is 92.7 Å². The minimum absolute atomic E-state index is 0.0377. The quantitative estimate of drug-likeness (QED) is 0.0173. The molecule has 0 unspecified atom stereocenters. The fourth-order valence-corrected chi connectivity index (χ4v) is 7.50. The number of carboxylic acid groups (broad SMARTS) is 1. The van der Waals surface area contributed by atoms with Crippen LogP contribution in [0.2, 0.25) is 0 Å². The van der Waals surface area contributed by atoms with Gasteiger partial charge in [-0.2, -0.15) is 0 Å². The highest BCUT2D eigenvalue weighted by atomic mass is 16.4. The third kappa shape index (κ3) is 24.9. The van der Waals surface area contributed by atoms with Gasteiger partial charge in [0.25, 0.3) is 0 Å². The smallest absolute Gasteiger partial charge is 0.326 e. The SMILES string of the molecule is CC[C@H](C)[C@H](NC(=O)[C@H](Cc1ccc(O)cc1)NC(=O)[C@H](CCCN=C(N)N)NC(=O)[C@H](CC(N)=O)NC(=O)[C@H](CCCCN)NC(=O)[C@@H](N)CCCN=C(N)N)C(=O)N[C@@H](CO)C(=O)N[C@@H](Cc1ccccc1)C(=O)O. The molecule has 2 aromatic carbocycles. The van der Waals surface area contributed by atoms with Gasteiger partial charge in [0.15, 0.2) is 11.9 Å². The first kappa shape index (κ1) is 65.0. The van der Waals surface area contributed by atoms with Crippen molar-refractivity contribution >= 4 is 65.1 Å². The summed E-state index contributed by atoms with van der Waals surface area (Å²) in [6.07, 6.45) is 0.308. The minimum atomic E-state index is -1.72. The van der Waals surface area contributed by atoms with Gasteiger partial charge in [0.05, 0.1) is 19.1 Å². The van der Waals surface area contributed by atoms with E-state index in [1.165, 1.54) is 24.3 Å². The van der Waals surface area contributed by atoms with E-state index in [2.05, 4.69) is 47.2 Å². The number of amides is 8. The maximum absolute atomic E-state index is 14.4. The summed E-state index contributed by atoms with van der Waals surface area (Å²) < 4.78 is 0. The minimum Gasteiger partial charge on any atom is -0.508 e. The summed E-state index contributed by atoms with van der Waals surface area (Å²) in [4.78, 5) is 130. The van der Waals surface area contributed by atoms with Gasteiger partial charge in [0, 0.05) is 25.9 Å². The average Bonchev–Trinajstić information content (AvgIpc) is 3.38. The number of aromatic hydroxyl groups is 1. The lowest BCUT2D eigenvalue weighted by atomic mass is 9.96. The first-order chi connectivity index (χ1) is 36.5. The molecule has 0 aromatic heterocycles. The molecule has 0 bridgehead atoms. The number of phenolic OH excluding ortho intramolecular Hbond substituents is 1. The summed E-state index contributed by atoms with van der Waals surface area (Å²) >= 11 is 0. The molecule has 2 aromatic rings. The van der Waals surface area contributed by atoms with Crippen LogP contribution in [-0.2, 0) is 56.0 Å². The Labute approximate surface area is 446 Å². The highest BCUT2D eigenvalue weighted by Crippen LogP contribution is 2.15. The number of carbonyl (C=O) groups is 9. The van der Waals surface area contributed by atoms with E-state index in [-0.39, 0.29) is 82.2 Å². The molecule has 0 spiro atoms. The molecule has 9 atom stereocenters. The van der Waals surface area contributed by atoms with Crippen LogP contribution in [0.25, 0.3) is 0 Å². The Balaban J connectivity index is 2.48. The maximum atomic E-state index is 14.4. The van der Waals surface area contributed by atoms with E-state index in [1.54, 1.807) is 44.2 Å². The summed E-state index contributed by atoms with van der Waals surface area (Å²) in [6, 6.07) is 2.34. The number of primary amides is 1. The molecule has 24 N–H and O–H groups in total. The van der Waals surface area contributed by atoms with Gasteiger partial charge in [-0.1, -0.05) is 62.7 Å². The van der Waals surface area contributed by atoms with Crippen molar-refractivity contribution in [2.75, 3.05) is 26.2 Å². The van der Waals surface area contributed by atoms with E-state index in [4.69, 9.17) is 40.1 Å². The van der Waals surface area contributed by atoms with Crippen molar-refractivity contribution in [1.29, 1.82) is 0 Å². The number of hydrogen-bond acceptors (Lipinski definition) is 15. The van der Waals surface area contributed by atoms with E-state index in [9.17, 15) is 58.5 Å². The van der Waals surface area contributed by atoms with Crippen LogP contribution in [0.5, 0.6) is 5.75 Å². The van der Waals surface area contributed by atoms with E-state index in [0.29, 0.717) is 30.4 Å². The number of nitrogens with two attached hydrogens (primary N) is 7. The molecule has 0 aliphatic rings. The molecule has 0 heterocycles. The van der Waals surface area contributed by atoms with Gasteiger partial charge >= 0.3 is 5.97 Å². The maximum Gasteiger partial charge on any atom is 0.326 e. The van der Waals surface area contributed by atoms with Crippen molar-refractivity contribution < 1.29 is 58.5 Å². The Hall–Kier alpha value is -8.11. The number of guanidine groups is 2. The lowest BCUT2D eigenvalue weighted by Gasteiger charge is -2.29. The van der Waals surface area contributed by atoms with Gasteiger partial charge in [0.1, 0.15) is 48.0 Å². The molecule has 2 rings (SSSR count). The predicted molar refractivity (Wildman–Crippen MR) is 284 cm³/mol. The normalized spacial score (nSPS) is 14.4. The number of benzene rings is 2. The molecule has 0 aliphatic heterocycles. The molecular formula is C49H78N16O12. The van der Waals surface area contributed by atoms with Crippen LogP contribution < -0.4 is 77.4 Å². The molecule has 28 heteroatoms. The Morgan fingerprint density at radius 3 is 1.53 bits per heavy atom. The molecule has 0 aliphatic carbocycles. The zero-order valence-electron chi connectivity index (χ0n) is 43.5. The summed E-state index contributed by atoms with van der Waals surface area (Å²) in [5.74, 6) is -10.2. The largest absolute Gasteiger partial charge is 0.508 e. The van der Waals surface area contributed by atoms with Crippen LogP contribution in [0.4, 0.5) is 0 Å². The van der Waals surface area contributed by atoms with Crippen molar-refractivity contribution in [2.24, 2.45) is 56.0 Å². The number of aliphatic imine (C=N–C) groups is 2. The molecule has 8 amide bonds. The van der Waals surface area contributed by atoms with Crippen molar-refractivity contribution in [2.45, 2.75) is 133 Å². The zero-order chi connectivity index (χ0) is 57.6. The van der Waals surface area contributed by atoms with Crippen LogP contribution in [0.3, 0.4) is 0 Å². The van der Waals surface area contributed by atoms with E-state index in [1.807, 2.05) is 0 Å². The van der Waals surface area contributed by atoms with Crippen LogP contribution >= 0.6 is 0 Å². The van der Waals surface area contributed by atoms with Crippen molar-refractivity contribution in [1.82, 2.24) is 37.2 Å².